The van der Waals surface area contributed by atoms with Crippen molar-refractivity contribution in [3.63, 3.8) is 0 Å². The summed E-state index contributed by atoms with van der Waals surface area (Å²) < 4.78 is 4.99. The number of ether oxygens (including phenoxy) is 1. The van der Waals surface area contributed by atoms with Crippen molar-refractivity contribution in [3.05, 3.63) is 15.6 Å². The summed E-state index contributed by atoms with van der Waals surface area (Å²) in [7, 11) is 0. The van der Waals surface area contributed by atoms with Gasteiger partial charge in [0.25, 0.3) is 0 Å². The molecule has 0 radical (unpaired) electrons. The van der Waals surface area contributed by atoms with Crippen LogP contribution in [0.3, 0.4) is 0 Å². The maximum atomic E-state index is 11.6. The lowest BCUT2D eigenvalue weighted by Gasteiger charge is -2.24. The molecule has 0 aliphatic heterocycles. The minimum Gasteiger partial charge on any atom is -0.461 e. The number of aryl methyl sites for hydroxylation is 1. The molecule has 0 saturated heterocycles. The van der Waals surface area contributed by atoms with Gasteiger partial charge in [-0.25, -0.2) is 9.78 Å². The third kappa shape index (κ3) is 4.03. The van der Waals surface area contributed by atoms with E-state index in [0.29, 0.717) is 17.5 Å². The number of esters is 1. The molecule has 1 unspecified atom stereocenters. The molecule has 3 nitrogen and oxygen atoms in total. The average Bonchev–Trinajstić information content (AvgIpc) is 2.84. The number of carbonyl (C=O) groups excluding carboxylic acids is 1. The summed E-state index contributed by atoms with van der Waals surface area (Å²) in [6.45, 7) is 10.8. The number of nitrogens with zero attached hydrogens (tertiary/aromatic N) is 1. The van der Waals surface area contributed by atoms with Crippen LogP contribution in [0, 0.1) is 11.8 Å². The minimum absolute atomic E-state index is 0.270. The summed E-state index contributed by atoms with van der Waals surface area (Å²) in [5, 5.41) is 0.529. The maximum absolute atomic E-state index is 11.6. The third-order valence-electron chi connectivity index (χ3n) is 3.37. The monoisotopic (exact) mass is 283 g/mol. The zero-order chi connectivity index (χ0) is 14.4. The second-order valence-electron chi connectivity index (χ2n) is 4.86. The van der Waals surface area contributed by atoms with Gasteiger partial charge in [0, 0.05) is 4.88 Å². The predicted octanol–water partition coefficient (Wildman–Crippen LogP) is 4.11. The van der Waals surface area contributed by atoms with Crippen LogP contribution in [0.2, 0.25) is 0 Å². The van der Waals surface area contributed by atoms with Crippen LogP contribution in [0.25, 0.3) is 0 Å². The van der Waals surface area contributed by atoms with Crippen molar-refractivity contribution in [1.29, 1.82) is 0 Å². The molecule has 1 aliphatic rings. The molecule has 1 atom stereocenters. The van der Waals surface area contributed by atoms with Crippen molar-refractivity contribution in [2.24, 2.45) is 11.8 Å². The summed E-state index contributed by atoms with van der Waals surface area (Å²) in [6.07, 6.45) is 3.27. The fourth-order valence-corrected chi connectivity index (χ4v) is 3.34. The molecular formula is C15H25NO2S. The quantitative estimate of drug-likeness (QED) is 0.784. The van der Waals surface area contributed by atoms with Gasteiger partial charge in [0.05, 0.1) is 12.3 Å². The molecular weight excluding hydrogens is 258 g/mol. The van der Waals surface area contributed by atoms with Gasteiger partial charge in [-0.2, -0.15) is 0 Å². The topological polar surface area (TPSA) is 39.2 Å². The Bertz CT molecular complexity index is 412. The number of hydrogen-bond acceptors (Lipinski definition) is 4. The summed E-state index contributed by atoms with van der Waals surface area (Å²) in [4.78, 5) is 17.3. The average molecular weight is 283 g/mol. The van der Waals surface area contributed by atoms with Gasteiger partial charge in [0.2, 0.25) is 5.01 Å². The lowest BCUT2D eigenvalue weighted by molar-refractivity contribution is 0.0525. The van der Waals surface area contributed by atoms with Crippen molar-refractivity contribution in [3.8, 4) is 0 Å². The molecule has 19 heavy (non-hydrogen) atoms. The standard InChI is InChI=1S/C13H19NO2S.C2H6/c1-4-16-13(15)12-14-10-6-5-9(8(2)3)7-11(10)17-12;1-2/h8-9H,4-7H2,1-3H3;1-2H3. The lowest BCUT2D eigenvalue weighted by Crippen LogP contribution is -2.17. The van der Waals surface area contributed by atoms with Crippen LogP contribution < -0.4 is 0 Å². The number of rotatable bonds is 3. The molecule has 0 saturated carbocycles. The number of thiazole rings is 1. The molecule has 4 heteroatoms. The van der Waals surface area contributed by atoms with E-state index in [1.807, 2.05) is 20.8 Å². The molecule has 1 heterocycles. The highest BCUT2D eigenvalue weighted by atomic mass is 32.1. The Morgan fingerprint density at radius 2 is 2.16 bits per heavy atom. The molecule has 2 rings (SSSR count). The van der Waals surface area contributed by atoms with Crippen LogP contribution in [0.15, 0.2) is 0 Å². The molecule has 1 aliphatic carbocycles. The molecule has 0 bridgehead atoms. The summed E-state index contributed by atoms with van der Waals surface area (Å²) in [5.74, 6) is 1.17. The van der Waals surface area contributed by atoms with Crippen LogP contribution in [0.4, 0.5) is 0 Å². The Kier molecular flexibility index (Phi) is 6.49. The molecule has 108 valence electrons. The number of hydrogen-bond donors (Lipinski definition) is 0. The van der Waals surface area contributed by atoms with Gasteiger partial charge in [-0.1, -0.05) is 27.7 Å². The van der Waals surface area contributed by atoms with E-state index in [0.717, 1.165) is 24.5 Å². The molecule has 1 aromatic heterocycles. The van der Waals surface area contributed by atoms with E-state index >= 15 is 0 Å². The predicted molar refractivity (Wildman–Crippen MR) is 79.8 cm³/mol. The summed E-state index contributed by atoms with van der Waals surface area (Å²) >= 11 is 1.52. The first-order valence-electron chi connectivity index (χ1n) is 7.27. The molecule has 0 aromatic carbocycles. The van der Waals surface area contributed by atoms with Crippen molar-refractivity contribution in [2.75, 3.05) is 6.61 Å². The molecule has 1 aromatic rings. The maximum Gasteiger partial charge on any atom is 0.367 e. The van der Waals surface area contributed by atoms with Gasteiger partial charge < -0.3 is 4.74 Å². The van der Waals surface area contributed by atoms with Crippen LogP contribution in [-0.4, -0.2) is 17.6 Å². The van der Waals surface area contributed by atoms with E-state index in [1.54, 1.807) is 0 Å². The van der Waals surface area contributed by atoms with Crippen LogP contribution in [-0.2, 0) is 17.6 Å². The largest absolute Gasteiger partial charge is 0.461 e. The molecule has 0 fully saturated rings. The first kappa shape index (κ1) is 16.2. The van der Waals surface area contributed by atoms with E-state index in [4.69, 9.17) is 4.74 Å². The SMILES string of the molecule is CC.CCOC(=O)c1nc2c(s1)CC(C(C)C)CC2. The van der Waals surface area contributed by atoms with E-state index in [-0.39, 0.29) is 5.97 Å². The van der Waals surface area contributed by atoms with E-state index in [2.05, 4.69) is 18.8 Å². The molecule has 0 spiro atoms. The first-order chi connectivity index (χ1) is 9.11. The van der Waals surface area contributed by atoms with Gasteiger partial charge >= 0.3 is 5.97 Å². The Balaban J connectivity index is 0.000000861. The highest BCUT2D eigenvalue weighted by Crippen LogP contribution is 2.33. The lowest BCUT2D eigenvalue weighted by atomic mass is 9.83. The van der Waals surface area contributed by atoms with Gasteiger partial charge in [-0.05, 0) is 38.0 Å². The van der Waals surface area contributed by atoms with Crippen LogP contribution in [0.1, 0.15) is 61.4 Å². The second-order valence-corrected chi connectivity index (χ2v) is 5.94. The fourth-order valence-electron chi connectivity index (χ4n) is 2.25. The van der Waals surface area contributed by atoms with Crippen molar-refractivity contribution in [1.82, 2.24) is 4.98 Å². The number of aromatic nitrogens is 1. The zero-order valence-electron chi connectivity index (χ0n) is 12.7. The van der Waals surface area contributed by atoms with Crippen LogP contribution in [0.5, 0.6) is 0 Å². The van der Waals surface area contributed by atoms with Crippen molar-refractivity contribution in [2.45, 2.75) is 53.9 Å². The van der Waals surface area contributed by atoms with E-state index in [1.165, 1.54) is 22.6 Å². The van der Waals surface area contributed by atoms with Gasteiger partial charge in [-0.3, -0.25) is 0 Å². The summed E-state index contributed by atoms with van der Waals surface area (Å²) in [6, 6.07) is 0. The van der Waals surface area contributed by atoms with Crippen molar-refractivity contribution < 1.29 is 9.53 Å². The minimum atomic E-state index is -0.270. The fraction of sp³-hybridized carbons (Fsp3) is 0.733. The Morgan fingerprint density at radius 3 is 2.74 bits per heavy atom. The second kappa shape index (κ2) is 7.63. The highest BCUT2D eigenvalue weighted by molar-refractivity contribution is 7.13. The Labute approximate surface area is 120 Å². The molecule has 0 amide bonds. The van der Waals surface area contributed by atoms with Crippen LogP contribution >= 0.6 is 11.3 Å². The normalized spacial score (nSPS) is 17.5. The number of carbonyl (C=O) groups is 1. The summed E-state index contributed by atoms with van der Waals surface area (Å²) in [5.41, 5.74) is 1.12. The van der Waals surface area contributed by atoms with Gasteiger partial charge in [0.15, 0.2) is 0 Å². The van der Waals surface area contributed by atoms with Crippen molar-refractivity contribution >= 4 is 17.3 Å². The van der Waals surface area contributed by atoms with E-state index < -0.39 is 0 Å². The Hall–Kier alpha value is -0.900. The highest BCUT2D eigenvalue weighted by Gasteiger charge is 2.26. The van der Waals surface area contributed by atoms with Gasteiger partial charge in [0.1, 0.15) is 0 Å². The van der Waals surface area contributed by atoms with E-state index in [9.17, 15) is 4.79 Å². The number of fused-ring (bicyclic) bond motifs is 1. The zero-order valence-corrected chi connectivity index (χ0v) is 13.5. The third-order valence-corrected chi connectivity index (χ3v) is 4.47. The Morgan fingerprint density at radius 1 is 1.47 bits per heavy atom. The first-order valence-corrected chi connectivity index (χ1v) is 8.09. The smallest absolute Gasteiger partial charge is 0.367 e. The molecule has 0 N–H and O–H groups in total. The van der Waals surface area contributed by atoms with Gasteiger partial charge in [-0.15, -0.1) is 11.3 Å².